The van der Waals surface area contributed by atoms with Crippen LogP contribution in [0.1, 0.15) is 57.3 Å². The van der Waals surface area contributed by atoms with Gasteiger partial charge in [-0.2, -0.15) is 0 Å². The molecule has 0 aliphatic heterocycles. The van der Waals surface area contributed by atoms with Crippen LogP contribution in [0.4, 0.5) is 0 Å². The van der Waals surface area contributed by atoms with Gasteiger partial charge in [0, 0.05) is 0 Å². The molecule has 1 unspecified atom stereocenters. The Labute approximate surface area is 106 Å². The first-order valence-corrected chi connectivity index (χ1v) is 6.78. The molecule has 0 aliphatic carbocycles. The molecule has 4 heteroatoms. The van der Waals surface area contributed by atoms with Gasteiger partial charge in [0.15, 0.2) is 4.67 Å². The summed E-state index contributed by atoms with van der Waals surface area (Å²) in [6.45, 7) is 2.23. The molecule has 1 atom stereocenters. The Morgan fingerprint density at radius 1 is 1.31 bits per heavy atom. The fourth-order valence-corrected chi connectivity index (χ4v) is 2.09. The smallest absolute Gasteiger partial charge is 0.169 e. The summed E-state index contributed by atoms with van der Waals surface area (Å²) in [6, 6.07) is 3.99. The molecule has 0 saturated heterocycles. The number of hydrogen-bond donors (Lipinski definition) is 2. The van der Waals surface area contributed by atoms with Crippen LogP contribution < -0.4 is 11.3 Å². The highest BCUT2D eigenvalue weighted by molar-refractivity contribution is 9.10. The van der Waals surface area contributed by atoms with Crippen LogP contribution in [0.2, 0.25) is 0 Å². The lowest BCUT2D eigenvalue weighted by molar-refractivity contribution is 0.380. The number of hydrogen-bond acceptors (Lipinski definition) is 3. The monoisotopic (exact) mass is 288 g/mol. The van der Waals surface area contributed by atoms with Crippen molar-refractivity contribution in [3.8, 4) is 0 Å². The quantitative estimate of drug-likeness (QED) is 0.433. The number of hydrazine groups is 1. The normalized spacial score (nSPS) is 12.9. The molecular weight excluding hydrogens is 268 g/mol. The van der Waals surface area contributed by atoms with Crippen LogP contribution in [0.15, 0.2) is 21.2 Å². The summed E-state index contributed by atoms with van der Waals surface area (Å²) in [5.74, 6) is 6.44. The van der Waals surface area contributed by atoms with Gasteiger partial charge in [-0.15, -0.1) is 0 Å². The topological polar surface area (TPSA) is 51.2 Å². The second-order valence-electron chi connectivity index (χ2n) is 4.06. The predicted octanol–water partition coefficient (Wildman–Crippen LogP) is 3.91. The third-order valence-electron chi connectivity index (χ3n) is 2.73. The van der Waals surface area contributed by atoms with Gasteiger partial charge >= 0.3 is 0 Å². The summed E-state index contributed by atoms with van der Waals surface area (Å²) in [7, 11) is 0. The molecule has 0 saturated carbocycles. The molecule has 1 aromatic rings. The third-order valence-corrected chi connectivity index (χ3v) is 3.16. The molecule has 0 fully saturated rings. The largest absolute Gasteiger partial charge is 0.453 e. The van der Waals surface area contributed by atoms with Gasteiger partial charge in [-0.3, -0.25) is 5.84 Å². The van der Waals surface area contributed by atoms with Gasteiger partial charge in [-0.05, 0) is 34.5 Å². The second-order valence-corrected chi connectivity index (χ2v) is 4.85. The molecule has 0 amide bonds. The van der Waals surface area contributed by atoms with Gasteiger partial charge in [0.05, 0.1) is 6.04 Å². The summed E-state index contributed by atoms with van der Waals surface area (Å²) in [6.07, 6.45) is 7.41. The van der Waals surface area contributed by atoms with Crippen LogP contribution in [0.3, 0.4) is 0 Å². The molecule has 92 valence electrons. The summed E-state index contributed by atoms with van der Waals surface area (Å²) in [5.41, 5.74) is 2.81. The van der Waals surface area contributed by atoms with Crippen molar-refractivity contribution in [1.82, 2.24) is 5.43 Å². The van der Waals surface area contributed by atoms with E-state index in [-0.39, 0.29) is 6.04 Å². The average Bonchev–Trinajstić information content (AvgIpc) is 2.70. The van der Waals surface area contributed by atoms with Gasteiger partial charge in [-0.25, -0.2) is 5.43 Å². The minimum absolute atomic E-state index is 0.132. The summed E-state index contributed by atoms with van der Waals surface area (Å²) >= 11 is 3.30. The zero-order valence-corrected chi connectivity index (χ0v) is 11.4. The molecule has 1 heterocycles. The Kier molecular flexibility index (Phi) is 6.76. The molecule has 3 nitrogen and oxygen atoms in total. The van der Waals surface area contributed by atoms with Crippen LogP contribution in [0.25, 0.3) is 0 Å². The Hall–Kier alpha value is -0.320. The van der Waals surface area contributed by atoms with E-state index in [4.69, 9.17) is 10.3 Å². The molecule has 0 aliphatic rings. The maximum Gasteiger partial charge on any atom is 0.169 e. The summed E-state index contributed by atoms with van der Waals surface area (Å²) in [4.78, 5) is 0. The minimum Gasteiger partial charge on any atom is -0.453 e. The average molecular weight is 289 g/mol. The number of unbranched alkanes of at least 4 members (excludes halogenated alkanes) is 4. The summed E-state index contributed by atoms with van der Waals surface area (Å²) in [5, 5.41) is 0. The molecule has 1 aromatic heterocycles. The highest BCUT2D eigenvalue weighted by Crippen LogP contribution is 2.24. The van der Waals surface area contributed by atoms with E-state index in [1.807, 2.05) is 12.1 Å². The predicted molar refractivity (Wildman–Crippen MR) is 69.8 cm³/mol. The Balaban J connectivity index is 2.27. The first kappa shape index (κ1) is 13.7. The first-order valence-electron chi connectivity index (χ1n) is 5.99. The molecule has 16 heavy (non-hydrogen) atoms. The van der Waals surface area contributed by atoms with Crippen molar-refractivity contribution < 1.29 is 4.42 Å². The Morgan fingerprint density at radius 2 is 2.06 bits per heavy atom. The molecule has 1 rings (SSSR count). The maximum atomic E-state index is 5.53. The number of nitrogens with one attached hydrogen (secondary N) is 1. The molecule has 0 spiro atoms. The van der Waals surface area contributed by atoms with E-state index in [9.17, 15) is 0 Å². The zero-order chi connectivity index (χ0) is 11.8. The minimum atomic E-state index is 0.132. The first-order chi connectivity index (χ1) is 7.77. The summed E-state index contributed by atoms with van der Waals surface area (Å²) < 4.78 is 6.25. The van der Waals surface area contributed by atoms with Crippen molar-refractivity contribution in [2.24, 2.45) is 5.84 Å². The van der Waals surface area contributed by atoms with Crippen molar-refractivity contribution in [3.63, 3.8) is 0 Å². The fourth-order valence-electron chi connectivity index (χ4n) is 1.78. The lowest BCUT2D eigenvalue weighted by Gasteiger charge is -2.12. The molecule has 3 N–H and O–H groups in total. The van der Waals surface area contributed by atoms with Crippen molar-refractivity contribution in [2.75, 3.05) is 0 Å². The Morgan fingerprint density at radius 3 is 2.62 bits per heavy atom. The van der Waals surface area contributed by atoms with E-state index in [0.29, 0.717) is 0 Å². The van der Waals surface area contributed by atoms with E-state index in [1.165, 1.54) is 32.1 Å². The number of furan rings is 1. The zero-order valence-electron chi connectivity index (χ0n) is 9.84. The van der Waals surface area contributed by atoms with E-state index in [1.54, 1.807) is 0 Å². The van der Waals surface area contributed by atoms with Gasteiger partial charge in [0.1, 0.15) is 5.76 Å². The highest BCUT2D eigenvalue weighted by atomic mass is 79.9. The SMILES string of the molecule is CCCCCCCC(NN)c1ccc(Br)o1. The van der Waals surface area contributed by atoms with E-state index in [0.717, 1.165) is 16.9 Å². The van der Waals surface area contributed by atoms with Crippen LogP contribution in [-0.4, -0.2) is 0 Å². The van der Waals surface area contributed by atoms with Gasteiger partial charge in [0.25, 0.3) is 0 Å². The van der Waals surface area contributed by atoms with E-state index < -0.39 is 0 Å². The fraction of sp³-hybridized carbons (Fsp3) is 0.667. The van der Waals surface area contributed by atoms with Crippen LogP contribution in [0.5, 0.6) is 0 Å². The maximum absolute atomic E-state index is 5.53. The Bertz CT molecular complexity index is 288. The number of nitrogens with two attached hydrogens (primary N) is 1. The van der Waals surface area contributed by atoms with Gasteiger partial charge < -0.3 is 4.42 Å². The van der Waals surface area contributed by atoms with Crippen molar-refractivity contribution in [2.45, 2.75) is 51.5 Å². The number of rotatable bonds is 8. The lowest BCUT2D eigenvalue weighted by atomic mass is 10.1. The van der Waals surface area contributed by atoms with Crippen LogP contribution in [-0.2, 0) is 0 Å². The molecule has 0 aromatic carbocycles. The van der Waals surface area contributed by atoms with E-state index >= 15 is 0 Å². The molecular formula is C12H21BrN2O. The van der Waals surface area contributed by atoms with Crippen molar-refractivity contribution >= 4 is 15.9 Å². The van der Waals surface area contributed by atoms with Gasteiger partial charge in [-0.1, -0.05) is 39.0 Å². The standard InChI is InChI=1S/C12H21BrN2O/c1-2-3-4-5-6-7-10(15-14)11-8-9-12(13)16-11/h8-10,15H,2-7,14H2,1H3. The third kappa shape index (κ3) is 4.68. The van der Waals surface area contributed by atoms with Crippen molar-refractivity contribution in [1.29, 1.82) is 0 Å². The number of halogens is 1. The lowest BCUT2D eigenvalue weighted by Crippen LogP contribution is -2.27. The van der Waals surface area contributed by atoms with Crippen LogP contribution >= 0.6 is 15.9 Å². The van der Waals surface area contributed by atoms with Gasteiger partial charge in [0.2, 0.25) is 0 Å². The second kappa shape index (κ2) is 7.87. The molecule has 0 bridgehead atoms. The van der Waals surface area contributed by atoms with Crippen LogP contribution in [0, 0.1) is 0 Å². The highest BCUT2D eigenvalue weighted by Gasteiger charge is 2.12. The van der Waals surface area contributed by atoms with Crippen molar-refractivity contribution in [3.05, 3.63) is 22.6 Å². The molecule has 0 radical (unpaired) electrons. The van der Waals surface area contributed by atoms with E-state index in [2.05, 4.69) is 28.3 Å².